The molecule has 1 saturated heterocycles. The Morgan fingerprint density at radius 2 is 2.24 bits per heavy atom. The number of amides is 2. The van der Waals surface area contributed by atoms with Crippen LogP contribution in [0.3, 0.4) is 0 Å². The Hall–Kier alpha value is -2.28. The molecule has 1 aliphatic rings. The Morgan fingerprint density at radius 3 is 2.90 bits per heavy atom. The van der Waals surface area contributed by atoms with Gasteiger partial charge in [-0.25, -0.2) is 0 Å². The number of nitrogens with zero attached hydrogens (tertiary/aromatic N) is 1. The highest BCUT2D eigenvalue weighted by Gasteiger charge is 2.34. The lowest BCUT2D eigenvalue weighted by atomic mass is 10.3. The van der Waals surface area contributed by atoms with E-state index in [1.54, 1.807) is 30.4 Å². The van der Waals surface area contributed by atoms with E-state index in [0.29, 0.717) is 10.7 Å². The number of carboxylic acids is 1. The summed E-state index contributed by atoms with van der Waals surface area (Å²) >= 11 is 0.847. The first-order chi connectivity index (χ1) is 10.1. The molecule has 0 saturated carbocycles. The van der Waals surface area contributed by atoms with Gasteiger partial charge < -0.3 is 9.52 Å². The zero-order valence-corrected chi connectivity index (χ0v) is 11.8. The number of hydrogen-bond acceptors (Lipinski definition) is 5. The first kappa shape index (κ1) is 15.1. The molecule has 1 aromatic heterocycles. The average Bonchev–Trinajstić information content (AvgIpc) is 3.02. The van der Waals surface area contributed by atoms with Crippen molar-refractivity contribution in [1.82, 2.24) is 4.90 Å². The lowest BCUT2D eigenvalue weighted by Crippen LogP contribution is -2.29. The summed E-state index contributed by atoms with van der Waals surface area (Å²) in [6.07, 6.45) is 6.58. The second-order valence-electron chi connectivity index (χ2n) is 4.23. The van der Waals surface area contributed by atoms with Crippen molar-refractivity contribution in [1.29, 1.82) is 0 Å². The monoisotopic (exact) mass is 307 g/mol. The molecule has 1 N–H and O–H groups in total. The third-order valence-corrected chi connectivity index (χ3v) is 3.62. The van der Waals surface area contributed by atoms with Crippen molar-refractivity contribution in [3.63, 3.8) is 0 Å². The van der Waals surface area contributed by atoms with Gasteiger partial charge in [-0.2, -0.15) is 0 Å². The maximum Gasteiger partial charge on any atom is 0.303 e. The molecule has 21 heavy (non-hydrogen) atoms. The highest BCUT2D eigenvalue weighted by atomic mass is 32.2. The number of furan rings is 1. The minimum Gasteiger partial charge on any atom is -0.481 e. The molecule has 6 nitrogen and oxygen atoms in total. The Morgan fingerprint density at radius 1 is 1.43 bits per heavy atom. The first-order valence-corrected chi connectivity index (χ1v) is 7.07. The van der Waals surface area contributed by atoms with Gasteiger partial charge in [-0.1, -0.05) is 6.08 Å². The van der Waals surface area contributed by atoms with Gasteiger partial charge in [0.2, 0.25) is 0 Å². The first-order valence-electron chi connectivity index (χ1n) is 6.25. The van der Waals surface area contributed by atoms with Crippen LogP contribution in [-0.4, -0.2) is 33.7 Å². The molecular weight excluding hydrogens is 294 g/mol. The van der Waals surface area contributed by atoms with E-state index in [-0.39, 0.29) is 30.5 Å². The van der Waals surface area contributed by atoms with Crippen LogP contribution >= 0.6 is 11.8 Å². The van der Waals surface area contributed by atoms with Crippen LogP contribution in [0.5, 0.6) is 0 Å². The van der Waals surface area contributed by atoms with Crippen molar-refractivity contribution in [3.05, 3.63) is 41.2 Å². The van der Waals surface area contributed by atoms with Crippen LogP contribution in [0.15, 0.2) is 39.9 Å². The van der Waals surface area contributed by atoms with Gasteiger partial charge in [0, 0.05) is 13.0 Å². The fourth-order valence-electron chi connectivity index (χ4n) is 1.71. The van der Waals surface area contributed by atoms with E-state index in [4.69, 9.17) is 9.52 Å². The van der Waals surface area contributed by atoms with E-state index in [1.807, 2.05) is 0 Å². The van der Waals surface area contributed by atoms with Crippen molar-refractivity contribution >= 4 is 35.0 Å². The Balaban J connectivity index is 1.95. The Kier molecular flexibility index (Phi) is 4.99. The molecule has 2 heterocycles. The molecule has 110 valence electrons. The molecule has 7 heteroatoms. The zero-order chi connectivity index (χ0) is 15.2. The quantitative estimate of drug-likeness (QED) is 0.813. The van der Waals surface area contributed by atoms with Gasteiger partial charge in [0.15, 0.2) is 0 Å². The third-order valence-electron chi connectivity index (χ3n) is 2.70. The molecule has 0 bridgehead atoms. The van der Waals surface area contributed by atoms with Crippen LogP contribution in [0.1, 0.15) is 18.6 Å². The zero-order valence-electron chi connectivity index (χ0n) is 11.0. The van der Waals surface area contributed by atoms with Crippen molar-refractivity contribution in [3.8, 4) is 0 Å². The summed E-state index contributed by atoms with van der Waals surface area (Å²) in [7, 11) is 0. The van der Waals surface area contributed by atoms with Gasteiger partial charge in [0.05, 0.1) is 11.2 Å². The fraction of sp³-hybridized carbons (Fsp3) is 0.214. The van der Waals surface area contributed by atoms with Crippen LogP contribution in [0.4, 0.5) is 4.79 Å². The Labute approximate surface area is 125 Å². The van der Waals surface area contributed by atoms with E-state index < -0.39 is 5.97 Å². The van der Waals surface area contributed by atoms with Gasteiger partial charge in [0.1, 0.15) is 5.76 Å². The van der Waals surface area contributed by atoms with E-state index in [0.717, 1.165) is 16.7 Å². The smallest absolute Gasteiger partial charge is 0.303 e. The summed E-state index contributed by atoms with van der Waals surface area (Å²) in [6, 6.07) is 3.51. The van der Waals surface area contributed by atoms with Crippen molar-refractivity contribution < 1.29 is 23.9 Å². The molecule has 0 aliphatic carbocycles. The third kappa shape index (κ3) is 4.09. The highest BCUT2D eigenvalue weighted by molar-refractivity contribution is 8.18. The molecule has 0 unspecified atom stereocenters. The molecule has 1 fully saturated rings. The van der Waals surface area contributed by atoms with E-state index in [1.165, 1.54) is 6.26 Å². The number of thioether (sulfide) groups is 1. The standard InChI is InChI=1S/C14H13NO5S/c16-12(17)7-2-8-15-13(18)11(21-14(15)19)6-1-4-10-5-3-9-20-10/h1,3-6,9H,2,7-8H2,(H,16,17). The summed E-state index contributed by atoms with van der Waals surface area (Å²) in [6.45, 7) is 0.121. The molecular formula is C14H13NO5S. The van der Waals surface area contributed by atoms with Gasteiger partial charge in [0.25, 0.3) is 11.1 Å². The Bertz CT molecular complexity index is 603. The van der Waals surface area contributed by atoms with E-state index in [9.17, 15) is 14.4 Å². The van der Waals surface area contributed by atoms with Gasteiger partial charge in [-0.05, 0) is 42.5 Å². The van der Waals surface area contributed by atoms with E-state index in [2.05, 4.69) is 0 Å². The van der Waals surface area contributed by atoms with Crippen molar-refractivity contribution in [2.24, 2.45) is 0 Å². The number of hydrogen-bond donors (Lipinski definition) is 1. The lowest BCUT2D eigenvalue weighted by molar-refractivity contribution is -0.137. The number of carbonyl (C=O) groups excluding carboxylic acids is 2. The molecule has 0 aromatic carbocycles. The van der Waals surface area contributed by atoms with Gasteiger partial charge in [-0.3, -0.25) is 19.3 Å². The maximum atomic E-state index is 12.0. The van der Waals surface area contributed by atoms with Crippen molar-refractivity contribution in [2.75, 3.05) is 6.54 Å². The topological polar surface area (TPSA) is 87.8 Å². The highest BCUT2D eigenvalue weighted by Crippen LogP contribution is 2.30. The molecule has 2 amide bonds. The normalized spacial score (nSPS) is 17.3. The number of carbonyl (C=O) groups is 3. The van der Waals surface area contributed by atoms with Crippen LogP contribution in [0.25, 0.3) is 6.08 Å². The maximum absolute atomic E-state index is 12.0. The predicted octanol–water partition coefficient (Wildman–Crippen LogP) is 2.74. The molecule has 0 spiro atoms. The summed E-state index contributed by atoms with van der Waals surface area (Å²) in [5, 5.41) is 8.18. The summed E-state index contributed by atoms with van der Waals surface area (Å²) in [5.41, 5.74) is 0. The molecule has 1 aliphatic heterocycles. The van der Waals surface area contributed by atoms with Crippen LogP contribution in [0, 0.1) is 0 Å². The minimum atomic E-state index is -0.945. The fourth-order valence-corrected chi connectivity index (χ4v) is 2.53. The minimum absolute atomic E-state index is 0.0703. The number of aliphatic carboxylic acids is 1. The second kappa shape index (κ2) is 6.94. The number of allylic oxidation sites excluding steroid dienone is 2. The molecule has 2 rings (SSSR count). The largest absolute Gasteiger partial charge is 0.481 e. The SMILES string of the molecule is O=C(O)CCCN1C(=O)SC(=CC=Cc2ccco2)C1=O. The summed E-state index contributed by atoms with van der Waals surface area (Å²) in [4.78, 5) is 35.5. The van der Waals surface area contributed by atoms with Crippen LogP contribution in [-0.2, 0) is 9.59 Å². The molecule has 0 atom stereocenters. The second-order valence-corrected chi connectivity index (χ2v) is 5.22. The average molecular weight is 307 g/mol. The number of rotatable bonds is 6. The predicted molar refractivity (Wildman–Crippen MR) is 77.4 cm³/mol. The van der Waals surface area contributed by atoms with Gasteiger partial charge in [-0.15, -0.1) is 0 Å². The summed E-state index contributed by atoms with van der Waals surface area (Å²) < 4.78 is 5.10. The van der Waals surface area contributed by atoms with Crippen LogP contribution in [0.2, 0.25) is 0 Å². The van der Waals surface area contributed by atoms with Crippen LogP contribution < -0.4 is 0 Å². The van der Waals surface area contributed by atoms with Gasteiger partial charge >= 0.3 is 5.97 Å². The number of imide groups is 1. The lowest BCUT2D eigenvalue weighted by Gasteiger charge is -2.10. The number of carboxylic acid groups (broad SMARTS) is 1. The van der Waals surface area contributed by atoms with Crippen molar-refractivity contribution in [2.45, 2.75) is 12.8 Å². The molecule has 1 aromatic rings. The molecule has 0 radical (unpaired) electrons. The summed E-state index contributed by atoms with van der Waals surface area (Å²) in [5.74, 6) is -0.690. The van der Waals surface area contributed by atoms with E-state index >= 15 is 0 Å².